The predicted molar refractivity (Wildman–Crippen MR) is 96.9 cm³/mol. The fraction of sp³-hybridized carbons (Fsp3) is 0.333. The molecule has 0 spiro atoms. The van der Waals surface area contributed by atoms with Crippen molar-refractivity contribution in [1.82, 2.24) is 10.2 Å². The van der Waals surface area contributed by atoms with Gasteiger partial charge in [-0.05, 0) is 18.2 Å². The number of Topliss-reactive ketones (excluding diaryl/α,β-unsaturated/α-hetero) is 1. The smallest absolute Gasteiger partial charge is 0.227 e. The Balaban J connectivity index is 1.57. The van der Waals surface area contributed by atoms with Crippen LogP contribution in [0.1, 0.15) is 16.8 Å². The number of amides is 1. The van der Waals surface area contributed by atoms with Gasteiger partial charge in [-0.25, -0.2) is 0 Å². The van der Waals surface area contributed by atoms with Gasteiger partial charge in [-0.15, -0.1) is 10.2 Å². The molecule has 0 aliphatic carbocycles. The molecule has 0 atom stereocenters. The van der Waals surface area contributed by atoms with Gasteiger partial charge in [-0.3, -0.25) is 9.59 Å². The average Bonchev–Trinajstić information content (AvgIpc) is 2.93. The van der Waals surface area contributed by atoms with Crippen molar-refractivity contribution in [3.8, 4) is 11.5 Å². The summed E-state index contributed by atoms with van der Waals surface area (Å²) >= 11 is 3.89. The number of hydrogen-bond donors (Lipinski definition) is 1. The van der Waals surface area contributed by atoms with Crippen LogP contribution in [-0.2, 0) is 4.79 Å². The van der Waals surface area contributed by atoms with Crippen LogP contribution in [0, 0.1) is 0 Å². The second-order valence-electron chi connectivity index (χ2n) is 5.01. The Morgan fingerprint density at radius 2 is 1.76 bits per heavy atom. The molecular weight excluding hydrogens is 382 g/mol. The molecule has 7 nitrogen and oxygen atoms in total. The van der Waals surface area contributed by atoms with Crippen molar-refractivity contribution in [3.63, 3.8) is 0 Å². The Hall–Kier alpha value is -1.78. The molecule has 0 bridgehead atoms. The molecule has 25 heavy (non-hydrogen) atoms. The zero-order chi connectivity index (χ0) is 17.6. The van der Waals surface area contributed by atoms with Gasteiger partial charge in [0.2, 0.25) is 5.91 Å². The van der Waals surface area contributed by atoms with Crippen LogP contribution in [0.2, 0.25) is 0 Å². The van der Waals surface area contributed by atoms with Crippen LogP contribution in [0.4, 0.5) is 0 Å². The maximum Gasteiger partial charge on any atom is 0.227 e. The number of thioether (sulfide) groups is 2. The van der Waals surface area contributed by atoms with E-state index in [-0.39, 0.29) is 17.3 Å². The molecular formula is C15H15N3O4S3. The van der Waals surface area contributed by atoms with Crippen molar-refractivity contribution in [2.75, 3.05) is 24.7 Å². The third kappa shape index (κ3) is 5.10. The summed E-state index contributed by atoms with van der Waals surface area (Å²) in [6.45, 7) is 1.19. The zero-order valence-electron chi connectivity index (χ0n) is 13.1. The zero-order valence-corrected chi connectivity index (χ0v) is 15.5. The molecule has 10 heteroatoms. The molecule has 0 saturated heterocycles. The number of nitrogens with two attached hydrogens (primary N) is 1. The first-order valence-corrected chi connectivity index (χ1v) is 10.2. The number of benzene rings is 1. The summed E-state index contributed by atoms with van der Waals surface area (Å²) < 4.78 is 12.5. The number of ketones is 1. The van der Waals surface area contributed by atoms with Gasteiger partial charge in [-0.2, -0.15) is 0 Å². The van der Waals surface area contributed by atoms with E-state index in [0.29, 0.717) is 39.0 Å². The fourth-order valence-electron chi connectivity index (χ4n) is 1.99. The third-order valence-electron chi connectivity index (χ3n) is 3.12. The molecule has 1 aromatic heterocycles. The second-order valence-corrected chi connectivity index (χ2v) is 8.44. The minimum atomic E-state index is -0.404. The van der Waals surface area contributed by atoms with Gasteiger partial charge in [0.05, 0.1) is 24.7 Å². The summed E-state index contributed by atoms with van der Waals surface area (Å²) in [5.74, 6) is 1.25. The normalized spacial score (nSPS) is 13.3. The number of rotatable bonds is 7. The first-order chi connectivity index (χ1) is 12.1. The van der Waals surface area contributed by atoms with Gasteiger partial charge in [0.25, 0.3) is 0 Å². The highest BCUT2D eigenvalue weighted by Gasteiger charge is 2.15. The molecule has 2 N–H and O–H groups in total. The molecule has 1 aliphatic heterocycles. The van der Waals surface area contributed by atoms with E-state index in [9.17, 15) is 9.59 Å². The highest BCUT2D eigenvalue weighted by atomic mass is 32.2. The van der Waals surface area contributed by atoms with Crippen LogP contribution in [0.3, 0.4) is 0 Å². The van der Waals surface area contributed by atoms with E-state index in [1.807, 2.05) is 0 Å². The number of hydrogen-bond acceptors (Lipinski definition) is 9. The lowest BCUT2D eigenvalue weighted by Gasteiger charge is -2.08. The van der Waals surface area contributed by atoms with E-state index in [1.54, 1.807) is 18.2 Å². The number of aromatic nitrogens is 2. The largest absolute Gasteiger partial charge is 0.490 e. The molecule has 1 aliphatic rings. The van der Waals surface area contributed by atoms with Gasteiger partial charge < -0.3 is 15.2 Å². The molecule has 0 unspecified atom stereocenters. The Bertz CT molecular complexity index is 781. The number of fused-ring (bicyclic) bond motifs is 1. The van der Waals surface area contributed by atoms with E-state index < -0.39 is 5.91 Å². The Labute approximate surface area is 156 Å². The molecule has 132 valence electrons. The molecule has 2 aromatic rings. The first-order valence-electron chi connectivity index (χ1n) is 7.42. The quantitative estimate of drug-likeness (QED) is 0.560. The summed E-state index contributed by atoms with van der Waals surface area (Å²) in [7, 11) is 0. The maximum absolute atomic E-state index is 12.4. The minimum Gasteiger partial charge on any atom is -0.490 e. The summed E-state index contributed by atoms with van der Waals surface area (Å²) in [6.07, 6.45) is 0.820. The Morgan fingerprint density at radius 3 is 2.48 bits per heavy atom. The van der Waals surface area contributed by atoms with E-state index in [0.717, 1.165) is 6.42 Å². The van der Waals surface area contributed by atoms with Crippen molar-refractivity contribution in [2.24, 2.45) is 5.73 Å². The second kappa shape index (κ2) is 8.54. The van der Waals surface area contributed by atoms with Crippen LogP contribution >= 0.6 is 34.9 Å². The average molecular weight is 398 g/mol. The van der Waals surface area contributed by atoms with Crippen LogP contribution in [0.25, 0.3) is 0 Å². The summed E-state index contributed by atoms with van der Waals surface area (Å²) in [6, 6.07) is 5.23. The number of nitrogens with zero attached hydrogens (tertiary/aromatic N) is 2. The molecule has 3 rings (SSSR count). The first kappa shape index (κ1) is 18.0. The van der Waals surface area contributed by atoms with Crippen molar-refractivity contribution >= 4 is 46.6 Å². The highest BCUT2D eigenvalue weighted by molar-refractivity contribution is 8.03. The van der Waals surface area contributed by atoms with Gasteiger partial charge in [0.1, 0.15) is 0 Å². The standard InChI is InChI=1S/C15H15N3O4S3/c16-13(20)8-24-15-18-17-14(25-15)23-7-10(19)9-2-3-11-12(6-9)22-5-1-4-21-11/h2-3,6H,1,4-5,7-8H2,(H2,16,20). The maximum atomic E-state index is 12.4. The lowest BCUT2D eigenvalue weighted by Crippen LogP contribution is -2.12. The van der Waals surface area contributed by atoms with Crippen LogP contribution in [0.15, 0.2) is 26.9 Å². The fourth-order valence-corrected chi connectivity index (χ4v) is 4.65. The lowest BCUT2D eigenvalue weighted by atomic mass is 10.1. The Kier molecular flexibility index (Phi) is 6.16. The monoisotopic (exact) mass is 397 g/mol. The van der Waals surface area contributed by atoms with Gasteiger partial charge in [-0.1, -0.05) is 34.9 Å². The summed E-state index contributed by atoms with van der Waals surface area (Å²) in [5.41, 5.74) is 5.67. The molecule has 0 fully saturated rings. The van der Waals surface area contributed by atoms with Crippen molar-refractivity contribution < 1.29 is 19.1 Å². The van der Waals surface area contributed by atoms with Gasteiger partial charge in [0.15, 0.2) is 26.0 Å². The molecule has 0 radical (unpaired) electrons. The van der Waals surface area contributed by atoms with E-state index in [2.05, 4.69) is 10.2 Å². The van der Waals surface area contributed by atoms with E-state index in [1.165, 1.54) is 34.9 Å². The summed E-state index contributed by atoms with van der Waals surface area (Å²) in [5, 5.41) is 7.97. The van der Waals surface area contributed by atoms with Crippen molar-refractivity contribution in [3.05, 3.63) is 23.8 Å². The van der Waals surface area contributed by atoms with E-state index in [4.69, 9.17) is 15.2 Å². The minimum absolute atomic E-state index is 0.0258. The Morgan fingerprint density at radius 1 is 1.08 bits per heavy atom. The van der Waals surface area contributed by atoms with Gasteiger partial charge >= 0.3 is 0 Å². The van der Waals surface area contributed by atoms with E-state index >= 15 is 0 Å². The highest BCUT2D eigenvalue weighted by Crippen LogP contribution is 2.32. The van der Waals surface area contributed by atoms with Crippen LogP contribution in [-0.4, -0.2) is 46.6 Å². The third-order valence-corrected chi connectivity index (χ3v) is 6.33. The number of primary amides is 1. The topological polar surface area (TPSA) is 104 Å². The van der Waals surface area contributed by atoms with Crippen molar-refractivity contribution in [1.29, 1.82) is 0 Å². The SMILES string of the molecule is NC(=O)CSc1nnc(SCC(=O)c2ccc3c(c2)OCCCO3)s1. The predicted octanol–water partition coefficient (Wildman–Crippen LogP) is 2.25. The number of carbonyl (C=O) groups is 2. The molecule has 2 heterocycles. The lowest BCUT2D eigenvalue weighted by molar-refractivity contribution is -0.115. The summed E-state index contributed by atoms with van der Waals surface area (Å²) in [4.78, 5) is 23.1. The molecule has 1 amide bonds. The number of ether oxygens (including phenoxy) is 2. The van der Waals surface area contributed by atoms with Gasteiger partial charge in [0, 0.05) is 12.0 Å². The number of carbonyl (C=O) groups excluding carboxylic acids is 2. The molecule has 1 aromatic carbocycles. The molecule has 0 saturated carbocycles. The van der Waals surface area contributed by atoms with Crippen molar-refractivity contribution in [2.45, 2.75) is 15.1 Å². The van der Waals surface area contributed by atoms with Crippen LogP contribution < -0.4 is 15.2 Å². The van der Waals surface area contributed by atoms with Crippen LogP contribution in [0.5, 0.6) is 11.5 Å².